The summed E-state index contributed by atoms with van der Waals surface area (Å²) in [5.74, 6) is -3.06. The molecular formula is C17H13BrF5NO2. The van der Waals surface area contributed by atoms with Crippen LogP contribution in [0.1, 0.15) is 15.9 Å². The lowest BCUT2D eigenvalue weighted by atomic mass is 10.1. The largest absolute Gasteiger partial charge is 0.481 e. The average molecular weight is 438 g/mol. The molecule has 3 nitrogen and oxygen atoms in total. The van der Waals surface area contributed by atoms with Crippen molar-refractivity contribution in [3.63, 3.8) is 0 Å². The molecule has 0 aliphatic heterocycles. The molecule has 0 saturated heterocycles. The van der Waals surface area contributed by atoms with Gasteiger partial charge in [-0.2, -0.15) is 0 Å². The Kier molecular flexibility index (Phi) is 6.57. The van der Waals surface area contributed by atoms with E-state index in [1.54, 1.807) is 0 Å². The van der Waals surface area contributed by atoms with Crippen LogP contribution in [-0.2, 0) is 0 Å². The zero-order valence-electron chi connectivity index (χ0n) is 13.3. The molecule has 0 bridgehead atoms. The van der Waals surface area contributed by atoms with E-state index in [1.807, 2.05) is 0 Å². The fourth-order valence-electron chi connectivity index (χ4n) is 2.09. The number of hydrogen-bond acceptors (Lipinski definition) is 2. The summed E-state index contributed by atoms with van der Waals surface area (Å²) < 4.78 is 70.6. The number of amides is 1. The van der Waals surface area contributed by atoms with Crippen LogP contribution in [0.2, 0.25) is 0 Å². The Morgan fingerprint density at radius 2 is 1.92 bits per heavy atom. The maximum absolute atomic E-state index is 13.9. The molecule has 0 radical (unpaired) electrons. The van der Waals surface area contributed by atoms with Gasteiger partial charge in [-0.3, -0.25) is 4.79 Å². The topological polar surface area (TPSA) is 38.3 Å². The fourth-order valence-corrected chi connectivity index (χ4v) is 2.41. The van der Waals surface area contributed by atoms with Crippen molar-refractivity contribution >= 4 is 27.5 Å². The number of para-hydroxylation sites is 1. The third-order valence-electron chi connectivity index (χ3n) is 3.44. The SMILES string of the molecule is Cc1cccc(F)c1NC(=O)c1cc(F)c(Br)cc1O[C@@H](CF)C(F)F. The van der Waals surface area contributed by atoms with Gasteiger partial charge in [-0.15, -0.1) is 0 Å². The lowest BCUT2D eigenvalue weighted by Crippen LogP contribution is -2.29. The Hall–Kier alpha value is -2.16. The van der Waals surface area contributed by atoms with Crippen LogP contribution < -0.4 is 10.1 Å². The van der Waals surface area contributed by atoms with Crippen LogP contribution in [0.25, 0.3) is 0 Å². The van der Waals surface area contributed by atoms with Crippen molar-refractivity contribution in [3.05, 3.63) is 57.6 Å². The van der Waals surface area contributed by atoms with Crippen molar-refractivity contribution in [3.8, 4) is 5.75 Å². The van der Waals surface area contributed by atoms with Crippen LogP contribution in [0.4, 0.5) is 27.6 Å². The molecule has 0 aliphatic carbocycles. The molecule has 2 rings (SSSR count). The number of halogens is 6. The molecule has 0 spiro atoms. The van der Waals surface area contributed by atoms with E-state index in [0.717, 1.165) is 18.2 Å². The fraction of sp³-hybridized carbons (Fsp3) is 0.235. The van der Waals surface area contributed by atoms with Gasteiger partial charge in [-0.1, -0.05) is 12.1 Å². The summed E-state index contributed by atoms with van der Waals surface area (Å²) in [6, 6.07) is 5.74. The number of hydrogen-bond donors (Lipinski definition) is 1. The minimum atomic E-state index is -3.16. The first-order valence-corrected chi connectivity index (χ1v) is 8.10. The van der Waals surface area contributed by atoms with Gasteiger partial charge in [0.05, 0.1) is 15.7 Å². The van der Waals surface area contributed by atoms with Gasteiger partial charge in [0, 0.05) is 0 Å². The lowest BCUT2D eigenvalue weighted by molar-refractivity contribution is -0.00161. The quantitative estimate of drug-likeness (QED) is 0.625. The summed E-state index contributed by atoms with van der Waals surface area (Å²) in [7, 11) is 0. The van der Waals surface area contributed by atoms with E-state index < -0.39 is 48.1 Å². The first-order valence-electron chi connectivity index (χ1n) is 7.30. The summed E-state index contributed by atoms with van der Waals surface area (Å²) in [6.07, 6.45) is -5.29. The second kappa shape index (κ2) is 8.48. The molecule has 2 aromatic carbocycles. The molecule has 0 saturated carbocycles. The lowest BCUT2D eigenvalue weighted by Gasteiger charge is -2.18. The zero-order valence-corrected chi connectivity index (χ0v) is 14.9. The molecule has 1 amide bonds. The number of nitrogens with one attached hydrogen (secondary N) is 1. The minimum absolute atomic E-state index is 0.150. The van der Waals surface area contributed by atoms with E-state index >= 15 is 0 Å². The van der Waals surface area contributed by atoms with Crippen LogP contribution in [-0.4, -0.2) is 25.1 Å². The number of carbonyl (C=O) groups is 1. The van der Waals surface area contributed by atoms with E-state index in [4.69, 9.17) is 4.74 Å². The molecule has 0 unspecified atom stereocenters. The Bertz CT molecular complexity index is 796. The minimum Gasteiger partial charge on any atom is -0.481 e. The van der Waals surface area contributed by atoms with Gasteiger partial charge < -0.3 is 10.1 Å². The number of benzene rings is 2. The van der Waals surface area contributed by atoms with E-state index in [0.29, 0.717) is 5.56 Å². The molecule has 0 heterocycles. The molecule has 1 N–H and O–H groups in total. The molecule has 2 aromatic rings. The normalized spacial score (nSPS) is 12.2. The number of ether oxygens (including phenoxy) is 1. The van der Waals surface area contributed by atoms with Gasteiger partial charge >= 0.3 is 0 Å². The second-order valence-corrected chi connectivity index (χ2v) is 6.15. The number of alkyl halides is 3. The van der Waals surface area contributed by atoms with Crippen molar-refractivity contribution in [2.45, 2.75) is 19.5 Å². The smallest absolute Gasteiger partial charge is 0.277 e. The van der Waals surface area contributed by atoms with Gasteiger partial charge in [-0.25, -0.2) is 22.0 Å². The highest BCUT2D eigenvalue weighted by Crippen LogP contribution is 2.30. The maximum atomic E-state index is 13.9. The first kappa shape index (κ1) is 20.2. The molecular weight excluding hydrogens is 425 g/mol. The molecule has 0 aliphatic rings. The van der Waals surface area contributed by atoms with Crippen LogP contribution >= 0.6 is 15.9 Å². The number of carbonyl (C=O) groups excluding carboxylic acids is 1. The summed E-state index contributed by atoms with van der Waals surface area (Å²) in [5, 5.41) is 2.25. The van der Waals surface area contributed by atoms with Crippen molar-refractivity contribution < 1.29 is 31.5 Å². The average Bonchev–Trinajstić information content (AvgIpc) is 2.58. The number of aryl methyl sites for hydroxylation is 1. The van der Waals surface area contributed by atoms with Crippen molar-refractivity contribution in [1.29, 1.82) is 0 Å². The standard InChI is InChI=1S/C17H13BrF5NO2/c1-8-3-2-4-11(20)15(8)24-17(25)9-5-12(21)10(18)6-13(9)26-14(7-19)16(22)23/h2-6,14,16H,7H2,1H3,(H,24,25)/t14-/m0/s1. The van der Waals surface area contributed by atoms with Crippen LogP contribution in [0.15, 0.2) is 34.8 Å². The highest BCUT2D eigenvalue weighted by atomic mass is 79.9. The molecule has 0 fully saturated rings. The van der Waals surface area contributed by atoms with Gasteiger partial charge in [0.2, 0.25) is 0 Å². The van der Waals surface area contributed by atoms with E-state index in [-0.39, 0.29) is 10.2 Å². The second-order valence-electron chi connectivity index (χ2n) is 5.29. The molecule has 1 atom stereocenters. The molecule has 0 aromatic heterocycles. The zero-order chi connectivity index (χ0) is 19.4. The summed E-state index contributed by atoms with van der Waals surface area (Å²) in [6.45, 7) is 0.0222. The van der Waals surface area contributed by atoms with Crippen molar-refractivity contribution in [1.82, 2.24) is 0 Å². The Labute approximate surface area is 154 Å². The van der Waals surface area contributed by atoms with Crippen LogP contribution in [0.5, 0.6) is 5.75 Å². The third kappa shape index (κ3) is 4.51. The maximum Gasteiger partial charge on any atom is 0.277 e. The van der Waals surface area contributed by atoms with Crippen LogP contribution in [0, 0.1) is 18.6 Å². The van der Waals surface area contributed by atoms with Gasteiger partial charge in [0.15, 0.2) is 6.10 Å². The predicted octanol–water partition coefficient (Wildman–Crippen LogP) is 5.27. The molecule has 26 heavy (non-hydrogen) atoms. The van der Waals surface area contributed by atoms with E-state index in [1.165, 1.54) is 19.1 Å². The van der Waals surface area contributed by atoms with Crippen LogP contribution in [0.3, 0.4) is 0 Å². The van der Waals surface area contributed by atoms with E-state index in [2.05, 4.69) is 21.2 Å². The summed E-state index contributed by atoms with van der Waals surface area (Å²) in [5.41, 5.74) is -0.234. The van der Waals surface area contributed by atoms with Gasteiger partial charge in [0.1, 0.15) is 24.1 Å². The molecule has 140 valence electrons. The Morgan fingerprint density at radius 1 is 1.23 bits per heavy atom. The summed E-state index contributed by atoms with van der Waals surface area (Å²) >= 11 is 2.84. The monoisotopic (exact) mass is 437 g/mol. The van der Waals surface area contributed by atoms with Gasteiger partial charge in [-0.05, 0) is 46.6 Å². The number of anilines is 1. The molecule has 9 heteroatoms. The predicted molar refractivity (Wildman–Crippen MR) is 89.6 cm³/mol. The summed E-state index contributed by atoms with van der Waals surface area (Å²) in [4.78, 5) is 12.4. The first-order chi connectivity index (χ1) is 12.2. The Morgan fingerprint density at radius 3 is 2.50 bits per heavy atom. The third-order valence-corrected chi connectivity index (χ3v) is 4.05. The van der Waals surface area contributed by atoms with E-state index in [9.17, 15) is 26.7 Å². The Balaban J connectivity index is 2.40. The highest BCUT2D eigenvalue weighted by Gasteiger charge is 2.26. The van der Waals surface area contributed by atoms with Crippen molar-refractivity contribution in [2.24, 2.45) is 0 Å². The highest BCUT2D eigenvalue weighted by molar-refractivity contribution is 9.10. The number of rotatable bonds is 6. The van der Waals surface area contributed by atoms with Gasteiger partial charge in [0.25, 0.3) is 12.3 Å². The van der Waals surface area contributed by atoms with Crippen molar-refractivity contribution in [2.75, 3.05) is 12.0 Å².